The molecule has 0 fully saturated rings. The molecule has 0 bridgehead atoms. The summed E-state index contributed by atoms with van der Waals surface area (Å²) in [5.41, 5.74) is -0.143. The van der Waals surface area contributed by atoms with Crippen LogP contribution in [-0.2, 0) is 10.0 Å². The van der Waals surface area contributed by atoms with E-state index < -0.39 is 21.4 Å². The molecule has 0 unspecified atom stereocenters. The normalized spacial score (nSPS) is 10.8. The molecule has 0 saturated carbocycles. The smallest absolute Gasteiger partial charge is 0.263 e. The lowest BCUT2D eigenvalue weighted by atomic mass is 10.2. The molecule has 7 heteroatoms. The van der Waals surface area contributed by atoms with E-state index in [-0.39, 0.29) is 4.90 Å². The molecule has 0 saturated heterocycles. The van der Waals surface area contributed by atoms with Gasteiger partial charge in [-0.15, -0.1) is 0 Å². The van der Waals surface area contributed by atoms with Crippen LogP contribution in [-0.4, -0.2) is 8.42 Å². The van der Waals surface area contributed by atoms with Crippen LogP contribution in [0.4, 0.5) is 10.1 Å². The zero-order valence-corrected chi connectivity index (χ0v) is 12.9. The Morgan fingerprint density at radius 1 is 1.20 bits per heavy atom. The van der Waals surface area contributed by atoms with Crippen LogP contribution in [0.2, 0.25) is 0 Å². The highest BCUT2D eigenvalue weighted by atomic mass is 127. The van der Waals surface area contributed by atoms with Gasteiger partial charge >= 0.3 is 0 Å². The molecule has 2 rings (SSSR count). The van der Waals surface area contributed by atoms with Crippen molar-refractivity contribution in [3.05, 3.63) is 57.4 Å². The van der Waals surface area contributed by atoms with Crippen molar-refractivity contribution < 1.29 is 12.8 Å². The molecule has 0 aliphatic rings. The molecule has 102 valence electrons. The first-order chi connectivity index (χ1) is 9.44. The Kier molecular flexibility index (Phi) is 4.25. The van der Waals surface area contributed by atoms with Gasteiger partial charge in [0.1, 0.15) is 22.3 Å². The van der Waals surface area contributed by atoms with Gasteiger partial charge < -0.3 is 0 Å². The number of nitriles is 1. The summed E-state index contributed by atoms with van der Waals surface area (Å²) in [7, 11) is -4.01. The number of anilines is 1. The fourth-order valence-electron chi connectivity index (χ4n) is 1.60. The Morgan fingerprint density at radius 2 is 1.90 bits per heavy atom. The second-order valence-electron chi connectivity index (χ2n) is 3.84. The van der Waals surface area contributed by atoms with E-state index in [9.17, 15) is 12.8 Å². The van der Waals surface area contributed by atoms with Crippen molar-refractivity contribution in [3.63, 3.8) is 0 Å². The van der Waals surface area contributed by atoms with Gasteiger partial charge in [0.15, 0.2) is 0 Å². The minimum atomic E-state index is -4.01. The fourth-order valence-corrected chi connectivity index (χ4v) is 3.36. The van der Waals surface area contributed by atoms with E-state index in [0.29, 0.717) is 5.69 Å². The summed E-state index contributed by atoms with van der Waals surface area (Å²) >= 11 is 2.04. The van der Waals surface area contributed by atoms with E-state index in [1.807, 2.05) is 22.6 Å². The summed E-state index contributed by atoms with van der Waals surface area (Å²) in [6.07, 6.45) is 0. The highest BCUT2D eigenvalue weighted by molar-refractivity contribution is 14.1. The molecule has 0 spiro atoms. The number of nitrogens with one attached hydrogen (secondary N) is 1. The molecular formula is C13H8FIN2O2S. The zero-order valence-electron chi connectivity index (χ0n) is 9.97. The minimum Gasteiger partial charge on any atom is -0.280 e. The molecule has 1 N–H and O–H groups in total. The molecule has 2 aromatic carbocycles. The lowest BCUT2D eigenvalue weighted by molar-refractivity contribution is 0.593. The molecule has 0 atom stereocenters. The van der Waals surface area contributed by atoms with Crippen molar-refractivity contribution in [2.45, 2.75) is 4.90 Å². The maximum absolute atomic E-state index is 13.5. The molecule has 0 heterocycles. The second-order valence-corrected chi connectivity index (χ2v) is 6.74. The van der Waals surface area contributed by atoms with Gasteiger partial charge in [0.05, 0.1) is 0 Å². The summed E-state index contributed by atoms with van der Waals surface area (Å²) in [5, 5.41) is 8.89. The van der Waals surface area contributed by atoms with Crippen LogP contribution in [0, 0.1) is 20.7 Å². The summed E-state index contributed by atoms with van der Waals surface area (Å²) in [4.78, 5) is -0.376. The second kappa shape index (κ2) is 5.76. The topological polar surface area (TPSA) is 70.0 Å². The Bertz CT molecular complexity index is 800. The average Bonchev–Trinajstić information content (AvgIpc) is 2.38. The van der Waals surface area contributed by atoms with Gasteiger partial charge in [0.25, 0.3) is 10.0 Å². The Balaban J connectivity index is 2.47. The maximum atomic E-state index is 13.5. The van der Waals surface area contributed by atoms with Gasteiger partial charge in [0, 0.05) is 9.26 Å². The number of sulfonamides is 1. The van der Waals surface area contributed by atoms with E-state index in [2.05, 4.69) is 4.72 Å². The first-order valence-electron chi connectivity index (χ1n) is 5.41. The van der Waals surface area contributed by atoms with Crippen LogP contribution < -0.4 is 4.72 Å². The zero-order chi connectivity index (χ0) is 14.8. The van der Waals surface area contributed by atoms with E-state index in [1.54, 1.807) is 30.3 Å². The van der Waals surface area contributed by atoms with Crippen molar-refractivity contribution in [1.82, 2.24) is 0 Å². The number of rotatable bonds is 3. The average molecular weight is 402 g/mol. The molecule has 0 aliphatic carbocycles. The third-order valence-corrected chi connectivity index (χ3v) is 4.55. The number of nitrogens with zero attached hydrogens (tertiary/aromatic N) is 1. The lowest BCUT2D eigenvalue weighted by Crippen LogP contribution is -2.15. The SMILES string of the molecule is N#Cc1c(F)cccc1S(=O)(=O)Nc1cccc(I)c1. The quantitative estimate of drug-likeness (QED) is 0.803. The monoisotopic (exact) mass is 402 g/mol. The van der Waals surface area contributed by atoms with Gasteiger partial charge in [-0.3, -0.25) is 4.72 Å². The lowest BCUT2D eigenvalue weighted by Gasteiger charge is -2.09. The standard InChI is InChI=1S/C13H8FIN2O2S/c14-12-5-2-6-13(11(12)8-16)20(18,19)17-10-4-1-3-9(15)7-10/h1-7,17H. The number of hydrogen-bond acceptors (Lipinski definition) is 3. The van der Waals surface area contributed by atoms with Crippen molar-refractivity contribution >= 4 is 38.3 Å². The molecule has 20 heavy (non-hydrogen) atoms. The van der Waals surface area contributed by atoms with E-state index >= 15 is 0 Å². The first-order valence-corrected chi connectivity index (χ1v) is 7.97. The fraction of sp³-hybridized carbons (Fsp3) is 0. The molecule has 4 nitrogen and oxygen atoms in total. The summed E-state index contributed by atoms with van der Waals surface area (Å²) in [6, 6.07) is 11.8. The first kappa shape index (κ1) is 14.7. The molecule has 0 radical (unpaired) electrons. The van der Waals surface area contributed by atoms with E-state index in [0.717, 1.165) is 9.64 Å². The highest BCUT2D eigenvalue weighted by Crippen LogP contribution is 2.22. The largest absolute Gasteiger partial charge is 0.280 e. The molecule has 2 aromatic rings. The molecular weight excluding hydrogens is 394 g/mol. The van der Waals surface area contributed by atoms with Gasteiger partial charge in [0.2, 0.25) is 0 Å². The van der Waals surface area contributed by atoms with E-state index in [4.69, 9.17) is 5.26 Å². The molecule has 0 aliphatic heterocycles. The van der Waals surface area contributed by atoms with Crippen molar-refractivity contribution in [3.8, 4) is 6.07 Å². The van der Waals surface area contributed by atoms with Crippen molar-refractivity contribution in [1.29, 1.82) is 5.26 Å². The summed E-state index contributed by atoms with van der Waals surface area (Å²) in [5.74, 6) is -0.863. The van der Waals surface area contributed by atoms with Crippen molar-refractivity contribution in [2.24, 2.45) is 0 Å². The summed E-state index contributed by atoms with van der Waals surface area (Å²) in [6.45, 7) is 0. The Hall–Kier alpha value is -1.66. The van der Waals surface area contributed by atoms with Gasteiger partial charge in [-0.2, -0.15) is 5.26 Å². The van der Waals surface area contributed by atoms with Crippen LogP contribution in [0.5, 0.6) is 0 Å². The van der Waals surface area contributed by atoms with Crippen LogP contribution in [0.15, 0.2) is 47.4 Å². The van der Waals surface area contributed by atoms with Crippen LogP contribution in [0.1, 0.15) is 5.56 Å². The molecule has 0 aromatic heterocycles. The predicted molar refractivity (Wildman–Crippen MR) is 81.1 cm³/mol. The Labute approximate surface area is 129 Å². The predicted octanol–water partition coefficient (Wildman–Crippen LogP) is 3.10. The van der Waals surface area contributed by atoms with Crippen LogP contribution in [0.3, 0.4) is 0 Å². The highest BCUT2D eigenvalue weighted by Gasteiger charge is 2.21. The number of benzene rings is 2. The number of halogens is 2. The Morgan fingerprint density at radius 3 is 2.55 bits per heavy atom. The van der Waals surface area contributed by atoms with Crippen LogP contribution >= 0.6 is 22.6 Å². The van der Waals surface area contributed by atoms with Gasteiger partial charge in [-0.25, -0.2) is 12.8 Å². The van der Waals surface area contributed by atoms with Gasteiger partial charge in [-0.1, -0.05) is 12.1 Å². The summed E-state index contributed by atoms with van der Waals surface area (Å²) < 4.78 is 41.1. The maximum Gasteiger partial charge on any atom is 0.263 e. The van der Waals surface area contributed by atoms with Gasteiger partial charge in [-0.05, 0) is 52.9 Å². The minimum absolute atomic E-state index is 0.352. The molecule has 0 amide bonds. The third-order valence-electron chi connectivity index (χ3n) is 2.45. The third kappa shape index (κ3) is 3.08. The van der Waals surface area contributed by atoms with Crippen molar-refractivity contribution in [2.75, 3.05) is 4.72 Å². The van der Waals surface area contributed by atoms with Crippen LogP contribution in [0.25, 0.3) is 0 Å². The number of hydrogen-bond donors (Lipinski definition) is 1. The van der Waals surface area contributed by atoms with E-state index in [1.165, 1.54) is 12.1 Å².